The number of ether oxygens (including phenoxy) is 2. The molecule has 0 spiro atoms. The Hall–Kier alpha value is -2.67. The standard InChI is InChI=1S/C18H15BrN2O4/c1-21-17(22)13-6-4-3-5-12(13)16(20-21)18(23)25-10-11-7-8-15(24-2)14(19)9-11/h3-9H,10H2,1-2H3. The van der Waals surface area contributed by atoms with Crippen LogP contribution in [0.5, 0.6) is 5.75 Å². The van der Waals surface area contributed by atoms with Gasteiger partial charge < -0.3 is 9.47 Å². The number of nitrogens with zero attached hydrogens (tertiary/aromatic N) is 2. The van der Waals surface area contributed by atoms with Gasteiger partial charge in [0, 0.05) is 12.4 Å². The molecule has 0 amide bonds. The largest absolute Gasteiger partial charge is 0.496 e. The smallest absolute Gasteiger partial charge is 0.359 e. The first-order valence-electron chi connectivity index (χ1n) is 7.47. The molecule has 3 aromatic rings. The molecule has 7 heteroatoms. The quantitative estimate of drug-likeness (QED) is 0.627. The van der Waals surface area contributed by atoms with Crippen molar-refractivity contribution in [3.05, 3.63) is 68.5 Å². The molecule has 1 aromatic heterocycles. The molecule has 0 saturated carbocycles. The lowest BCUT2D eigenvalue weighted by Crippen LogP contribution is -2.23. The van der Waals surface area contributed by atoms with E-state index in [0.29, 0.717) is 16.5 Å². The molecule has 2 aromatic carbocycles. The van der Waals surface area contributed by atoms with Crippen molar-refractivity contribution >= 4 is 32.7 Å². The van der Waals surface area contributed by atoms with Crippen molar-refractivity contribution in [2.75, 3.05) is 7.11 Å². The van der Waals surface area contributed by atoms with Crippen molar-refractivity contribution in [1.29, 1.82) is 0 Å². The molecule has 0 N–H and O–H groups in total. The SMILES string of the molecule is COc1ccc(COC(=O)c2nn(C)c(=O)c3ccccc23)cc1Br. The van der Waals surface area contributed by atoms with Crippen LogP contribution in [0.3, 0.4) is 0 Å². The Kier molecular flexibility index (Phi) is 4.85. The van der Waals surface area contributed by atoms with Crippen LogP contribution < -0.4 is 10.3 Å². The Morgan fingerprint density at radius 3 is 2.60 bits per heavy atom. The number of carbonyl (C=O) groups excluding carboxylic acids is 1. The molecule has 25 heavy (non-hydrogen) atoms. The number of fused-ring (bicyclic) bond motifs is 1. The highest BCUT2D eigenvalue weighted by molar-refractivity contribution is 9.10. The molecular formula is C18H15BrN2O4. The van der Waals surface area contributed by atoms with E-state index in [1.54, 1.807) is 37.4 Å². The fraction of sp³-hybridized carbons (Fsp3) is 0.167. The minimum absolute atomic E-state index is 0.0836. The maximum absolute atomic E-state index is 12.5. The van der Waals surface area contributed by atoms with Crippen molar-refractivity contribution in [1.82, 2.24) is 9.78 Å². The monoisotopic (exact) mass is 402 g/mol. The van der Waals surface area contributed by atoms with E-state index in [-0.39, 0.29) is 17.9 Å². The van der Waals surface area contributed by atoms with Crippen LogP contribution in [0.1, 0.15) is 16.1 Å². The highest BCUT2D eigenvalue weighted by Crippen LogP contribution is 2.26. The normalized spacial score (nSPS) is 10.7. The van der Waals surface area contributed by atoms with Gasteiger partial charge in [-0.25, -0.2) is 9.48 Å². The Morgan fingerprint density at radius 2 is 1.92 bits per heavy atom. The summed E-state index contributed by atoms with van der Waals surface area (Å²) in [6.07, 6.45) is 0. The third kappa shape index (κ3) is 3.41. The molecule has 0 aliphatic heterocycles. The summed E-state index contributed by atoms with van der Waals surface area (Å²) < 4.78 is 12.5. The predicted molar refractivity (Wildman–Crippen MR) is 96.8 cm³/mol. The number of aryl methyl sites for hydroxylation is 1. The molecule has 0 aliphatic rings. The number of methoxy groups -OCH3 is 1. The van der Waals surface area contributed by atoms with Crippen molar-refractivity contribution in [3.8, 4) is 5.75 Å². The Labute approximate surface area is 152 Å². The summed E-state index contributed by atoms with van der Waals surface area (Å²) in [7, 11) is 3.09. The number of aromatic nitrogens is 2. The summed E-state index contributed by atoms with van der Waals surface area (Å²) in [5.41, 5.74) is 0.659. The number of hydrogen-bond donors (Lipinski definition) is 0. The zero-order valence-electron chi connectivity index (χ0n) is 13.7. The van der Waals surface area contributed by atoms with Crippen LogP contribution in [-0.2, 0) is 18.4 Å². The third-order valence-electron chi connectivity index (χ3n) is 3.74. The van der Waals surface area contributed by atoms with Crippen LogP contribution >= 0.6 is 15.9 Å². The van der Waals surface area contributed by atoms with Gasteiger partial charge in [0.05, 0.1) is 17.0 Å². The fourth-order valence-electron chi connectivity index (χ4n) is 2.47. The second-order valence-electron chi connectivity index (χ2n) is 5.37. The topological polar surface area (TPSA) is 70.4 Å². The Bertz CT molecular complexity index is 1010. The van der Waals surface area contributed by atoms with E-state index in [2.05, 4.69) is 21.0 Å². The molecule has 0 aliphatic carbocycles. The van der Waals surface area contributed by atoms with E-state index in [0.717, 1.165) is 14.7 Å². The lowest BCUT2D eigenvalue weighted by Gasteiger charge is -2.09. The summed E-state index contributed by atoms with van der Waals surface area (Å²) in [6, 6.07) is 12.3. The first-order chi connectivity index (χ1) is 12.0. The summed E-state index contributed by atoms with van der Waals surface area (Å²) in [5, 5.41) is 4.97. The van der Waals surface area contributed by atoms with Gasteiger partial charge in [0.15, 0.2) is 5.69 Å². The average Bonchev–Trinajstić information content (AvgIpc) is 2.63. The second kappa shape index (κ2) is 7.06. The van der Waals surface area contributed by atoms with Crippen molar-refractivity contribution < 1.29 is 14.3 Å². The van der Waals surface area contributed by atoms with E-state index in [1.807, 2.05) is 12.1 Å². The summed E-state index contributed by atoms with van der Waals surface area (Å²) >= 11 is 3.39. The van der Waals surface area contributed by atoms with Gasteiger partial charge >= 0.3 is 5.97 Å². The average molecular weight is 403 g/mol. The second-order valence-corrected chi connectivity index (χ2v) is 6.22. The molecule has 128 valence electrons. The maximum atomic E-state index is 12.5. The van der Waals surface area contributed by atoms with Gasteiger partial charge in [-0.15, -0.1) is 0 Å². The number of esters is 1. The van der Waals surface area contributed by atoms with Crippen molar-refractivity contribution in [3.63, 3.8) is 0 Å². The molecule has 0 radical (unpaired) electrons. The van der Waals surface area contributed by atoms with E-state index < -0.39 is 5.97 Å². The van der Waals surface area contributed by atoms with E-state index in [4.69, 9.17) is 9.47 Å². The van der Waals surface area contributed by atoms with Crippen LogP contribution in [0.15, 0.2) is 51.7 Å². The molecular weight excluding hydrogens is 388 g/mol. The first kappa shape index (κ1) is 17.2. The predicted octanol–water partition coefficient (Wildman–Crippen LogP) is 3.06. The minimum atomic E-state index is -0.584. The molecule has 1 heterocycles. The van der Waals surface area contributed by atoms with Gasteiger partial charge in [-0.3, -0.25) is 4.79 Å². The van der Waals surface area contributed by atoms with Crippen LogP contribution in [0.2, 0.25) is 0 Å². The first-order valence-corrected chi connectivity index (χ1v) is 8.26. The van der Waals surface area contributed by atoms with Gasteiger partial charge in [0.25, 0.3) is 5.56 Å². The van der Waals surface area contributed by atoms with Crippen molar-refractivity contribution in [2.24, 2.45) is 7.05 Å². The summed E-state index contributed by atoms with van der Waals surface area (Å²) in [4.78, 5) is 24.6. The van der Waals surface area contributed by atoms with Gasteiger partial charge in [-0.05, 0) is 39.7 Å². The van der Waals surface area contributed by atoms with E-state index in [1.165, 1.54) is 7.05 Å². The zero-order valence-corrected chi connectivity index (χ0v) is 15.2. The Morgan fingerprint density at radius 1 is 1.20 bits per heavy atom. The number of carbonyl (C=O) groups is 1. The molecule has 0 unspecified atom stereocenters. The molecule has 0 bridgehead atoms. The molecule has 3 rings (SSSR count). The minimum Gasteiger partial charge on any atom is -0.496 e. The van der Waals surface area contributed by atoms with Gasteiger partial charge in [0.2, 0.25) is 0 Å². The number of rotatable bonds is 4. The number of halogens is 1. The third-order valence-corrected chi connectivity index (χ3v) is 4.36. The van der Waals surface area contributed by atoms with E-state index >= 15 is 0 Å². The van der Waals surface area contributed by atoms with Crippen molar-refractivity contribution in [2.45, 2.75) is 6.61 Å². The van der Waals surface area contributed by atoms with Crippen LogP contribution in [0, 0.1) is 0 Å². The summed E-state index contributed by atoms with van der Waals surface area (Å²) in [6.45, 7) is 0.0836. The Balaban J connectivity index is 1.87. The van der Waals surface area contributed by atoms with Gasteiger partial charge in [-0.1, -0.05) is 24.3 Å². The molecule has 0 atom stereocenters. The van der Waals surface area contributed by atoms with E-state index in [9.17, 15) is 9.59 Å². The van der Waals surface area contributed by atoms with Gasteiger partial charge in [-0.2, -0.15) is 5.10 Å². The number of benzene rings is 2. The molecule has 6 nitrogen and oxygen atoms in total. The fourth-order valence-corrected chi connectivity index (χ4v) is 3.06. The summed E-state index contributed by atoms with van der Waals surface area (Å²) in [5.74, 6) is 0.111. The highest BCUT2D eigenvalue weighted by atomic mass is 79.9. The lowest BCUT2D eigenvalue weighted by atomic mass is 10.1. The van der Waals surface area contributed by atoms with Crippen LogP contribution in [0.4, 0.5) is 0 Å². The highest BCUT2D eigenvalue weighted by Gasteiger charge is 2.17. The van der Waals surface area contributed by atoms with Gasteiger partial charge in [0.1, 0.15) is 12.4 Å². The zero-order chi connectivity index (χ0) is 18.0. The van der Waals surface area contributed by atoms with Crippen LogP contribution in [-0.4, -0.2) is 22.9 Å². The number of hydrogen-bond acceptors (Lipinski definition) is 5. The lowest BCUT2D eigenvalue weighted by molar-refractivity contribution is 0.0465. The molecule has 0 saturated heterocycles. The maximum Gasteiger partial charge on any atom is 0.359 e. The van der Waals surface area contributed by atoms with Crippen LogP contribution in [0.25, 0.3) is 10.8 Å². The molecule has 0 fully saturated rings.